The van der Waals surface area contributed by atoms with E-state index < -0.39 is 39.3 Å². The maximum atomic E-state index is 12.4. The number of likely N-dealkylation sites (N-methyl/N-ethyl adjacent to an activating group) is 1. The highest BCUT2D eigenvalue weighted by Crippen LogP contribution is 2.33. The monoisotopic (exact) mass is 496 g/mol. The quantitative estimate of drug-likeness (QED) is 0.309. The van der Waals surface area contributed by atoms with E-state index in [4.69, 9.17) is 21.1 Å². The number of ether oxygens (including phenoxy) is 2. The summed E-state index contributed by atoms with van der Waals surface area (Å²) >= 11 is 5.78. The molecule has 0 N–H and O–H groups in total. The first-order chi connectivity index (χ1) is 15.6. The molecular weight excluding hydrogens is 476 g/mol. The second kappa shape index (κ2) is 10.2. The van der Waals surface area contributed by atoms with Gasteiger partial charge in [-0.2, -0.15) is 0 Å². The van der Waals surface area contributed by atoms with Crippen molar-refractivity contribution in [2.45, 2.75) is 19.4 Å². The molecule has 10 nitrogen and oxygen atoms in total. The molecule has 0 unspecified atom stereocenters. The molecule has 1 amide bonds. The Kier molecular flexibility index (Phi) is 7.54. The third-order valence-corrected chi connectivity index (χ3v) is 7.06. The highest BCUT2D eigenvalue weighted by molar-refractivity contribution is 7.91. The van der Waals surface area contributed by atoms with Crippen molar-refractivity contribution in [3.05, 3.63) is 63.2 Å². The summed E-state index contributed by atoms with van der Waals surface area (Å²) in [4.78, 5) is 36.7. The van der Waals surface area contributed by atoms with E-state index >= 15 is 0 Å². The fourth-order valence-corrected chi connectivity index (χ4v) is 5.36. The number of nitro groups is 1. The van der Waals surface area contributed by atoms with E-state index in [1.807, 2.05) is 0 Å². The molecule has 12 heteroatoms. The largest absolute Gasteiger partial charge is 0.452 e. The Bertz CT molecular complexity index is 1170. The van der Waals surface area contributed by atoms with Crippen LogP contribution in [-0.2, 0) is 19.4 Å². The van der Waals surface area contributed by atoms with E-state index in [2.05, 4.69) is 0 Å². The number of nitrogens with zero attached hydrogens (tertiary/aromatic N) is 2. The molecule has 0 saturated carbocycles. The van der Waals surface area contributed by atoms with Crippen LogP contribution in [0.25, 0.3) is 0 Å². The third kappa shape index (κ3) is 6.20. The molecule has 1 saturated heterocycles. The summed E-state index contributed by atoms with van der Waals surface area (Å²) in [5, 5.41) is 11.4. The minimum absolute atomic E-state index is 0.0149. The Morgan fingerprint density at radius 3 is 2.48 bits per heavy atom. The van der Waals surface area contributed by atoms with Gasteiger partial charge in [-0.1, -0.05) is 11.6 Å². The molecule has 1 aliphatic heterocycles. The number of hydrogen-bond donors (Lipinski definition) is 0. The summed E-state index contributed by atoms with van der Waals surface area (Å²) in [7, 11) is -3.15. The van der Waals surface area contributed by atoms with Crippen LogP contribution in [0.1, 0.15) is 23.7 Å². The molecule has 1 heterocycles. The van der Waals surface area contributed by atoms with Gasteiger partial charge in [0.1, 0.15) is 5.75 Å². The first kappa shape index (κ1) is 24.5. The van der Waals surface area contributed by atoms with Crippen LogP contribution >= 0.6 is 11.6 Å². The lowest BCUT2D eigenvalue weighted by molar-refractivity contribution is -0.385. The van der Waals surface area contributed by atoms with Crippen LogP contribution in [0.5, 0.6) is 11.5 Å². The average molecular weight is 497 g/mol. The Morgan fingerprint density at radius 2 is 1.91 bits per heavy atom. The second-order valence-corrected chi connectivity index (χ2v) is 9.97. The Hall–Kier alpha value is -3.18. The lowest BCUT2D eigenvalue weighted by Crippen LogP contribution is -2.43. The van der Waals surface area contributed by atoms with Crippen molar-refractivity contribution < 1.29 is 32.4 Å². The number of amides is 1. The highest BCUT2D eigenvalue weighted by Gasteiger charge is 2.34. The lowest BCUT2D eigenvalue weighted by Gasteiger charge is -2.26. The summed E-state index contributed by atoms with van der Waals surface area (Å²) in [5.74, 6) is -1.04. The lowest BCUT2D eigenvalue weighted by atomic mass is 10.2. The van der Waals surface area contributed by atoms with E-state index in [1.165, 1.54) is 47.4 Å². The van der Waals surface area contributed by atoms with Crippen molar-refractivity contribution in [3.8, 4) is 11.5 Å². The van der Waals surface area contributed by atoms with Crippen molar-refractivity contribution in [2.75, 3.05) is 24.7 Å². The van der Waals surface area contributed by atoms with Gasteiger partial charge in [0.25, 0.3) is 5.91 Å². The minimum Gasteiger partial charge on any atom is -0.452 e. The van der Waals surface area contributed by atoms with E-state index in [1.54, 1.807) is 6.92 Å². The van der Waals surface area contributed by atoms with Crippen molar-refractivity contribution in [2.24, 2.45) is 0 Å². The minimum atomic E-state index is -3.15. The number of benzene rings is 2. The van der Waals surface area contributed by atoms with Crippen molar-refractivity contribution in [1.29, 1.82) is 0 Å². The number of sulfone groups is 1. The number of rotatable bonds is 8. The molecule has 0 aliphatic carbocycles. The second-order valence-electron chi connectivity index (χ2n) is 7.31. The summed E-state index contributed by atoms with van der Waals surface area (Å²) in [6.45, 7) is 1.52. The van der Waals surface area contributed by atoms with Gasteiger partial charge in [0, 0.05) is 23.7 Å². The molecule has 176 valence electrons. The van der Waals surface area contributed by atoms with Crippen LogP contribution in [0.3, 0.4) is 0 Å². The SMILES string of the molecule is CCN(C(=O)COC(=O)c1ccc(Oc2ccc(Cl)cc2[N+](=O)[O-])cc1)[C@@H]1CCS(=O)(=O)C1. The Labute approximate surface area is 195 Å². The molecule has 1 aliphatic rings. The van der Waals surface area contributed by atoms with Gasteiger partial charge in [0.05, 0.1) is 22.0 Å². The average Bonchev–Trinajstić information content (AvgIpc) is 3.13. The van der Waals surface area contributed by atoms with Crippen LogP contribution in [0.15, 0.2) is 42.5 Å². The normalized spacial score (nSPS) is 16.7. The van der Waals surface area contributed by atoms with Crippen molar-refractivity contribution >= 4 is 39.0 Å². The topological polar surface area (TPSA) is 133 Å². The number of esters is 1. The molecule has 0 bridgehead atoms. The molecule has 0 aromatic heterocycles. The maximum Gasteiger partial charge on any atom is 0.338 e. The smallest absolute Gasteiger partial charge is 0.338 e. The standard InChI is InChI=1S/C21H21ClN2O8S/c1-2-23(16-9-10-33(29,30)13-16)20(25)12-31-21(26)14-3-6-17(7-4-14)32-19-8-5-15(22)11-18(19)24(27)28/h3-8,11,16H,2,9-10,12-13H2,1H3/t16-/m1/s1. The van der Waals surface area contributed by atoms with Crippen LogP contribution in [0, 0.1) is 10.1 Å². The predicted molar refractivity (Wildman–Crippen MR) is 119 cm³/mol. The van der Waals surface area contributed by atoms with Crippen LogP contribution < -0.4 is 4.74 Å². The molecule has 2 aromatic rings. The maximum absolute atomic E-state index is 12.4. The number of carbonyl (C=O) groups is 2. The molecular formula is C21H21ClN2O8S. The first-order valence-electron chi connectivity index (χ1n) is 9.98. The van der Waals surface area contributed by atoms with Gasteiger partial charge in [-0.25, -0.2) is 13.2 Å². The molecule has 3 rings (SSSR count). The third-order valence-electron chi connectivity index (χ3n) is 5.07. The molecule has 0 spiro atoms. The Balaban J connectivity index is 1.59. The zero-order valence-electron chi connectivity index (χ0n) is 17.6. The van der Waals surface area contributed by atoms with Crippen molar-refractivity contribution in [3.63, 3.8) is 0 Å². The van der Waals surface area contributed by atoms with Crippen LogP contribution in [0.4, 0.5) is 5.69 Å². The van der Waals surface area contributed by atoms with Crippen molar-refractivity contribution in [1.82, 2.24) is 4.90 Å². The van der Waals surface area contributed by atoms with Gasteiger partial charge in [-0.15, -0.1) is 0 Å². The molecule has 2 aromatic carbocycles. The fourth-order valence-electron chi connectivity index (χ4n) is 3.46. The fraction of sp³-hybridized carbons (Fsp3) is 0.333. The van der Waals surface area contributed by atoms with Gasteiger partial charge in [0.2, 0.25) is 5.75 Å². The molecule has 1 atom stereocenters. The van der Waals surface area contributed by atoms with Crippen LogP contribution in [-0.4, -0.2) is 60.8 Å². The summed E-state index contributed by atoms with van der Waals surface area (Å²) in [6.07, 6.45) is 0.364. The zero-order valence-corrected chi connectivity index (χ0v) is 19.2. The number of halogens is 1. The van der Waals surface area contributed by atoms with Gasteiger partial charge < -0.3 is 14.4 Å². The van der Waals surface area contributed by atoms with Gasteiger partial charge in [-0.3, -0.25) is 14.9 Å². The number of carbonyl (C=O) groups excluding carboxylic acids is 2. The zero-order chi connectivity index (χ0) is 24.2. The van der Waals surface area contributed by atoms with E-state index in [0.717, 1.165) is 0 Å². The van der Waals surface area contributed by atoms with E-state index in [9.17, 15) is 28.1 Å². The van der Waals surface area contributed by atoms with E-state index in [0.29, 0.717) is 13.0 Å². The predicted octanol–water partition coefficient (Wildman–Crippen LogP) is 3.23. The van der Waals surface area contributed by atoms with Gasteiger partial charge in [-0.05, 0) is 49.7 Å². The molecule has 33 heavy (non-hydrogen) atoms. The molecule has 0 radical (unpaired) electrons. The molecule has 1 fully saturated rings. The van der Waals surface area contributed by atoms with Gasteiger partial charge >= 0.3 is 11.7 Å². The number of nitro benzene ring substituents is 1. The number of hydrogen-bond acceptors (Lipinski definition) is 8. The summed E-state index contributed by atoms with van der Waals surface area (Å²) in [6, 6.07) is 9.21. The van der Waals surface area contributed by atoms with E-state index in [-0.39, 0.29) is 39.3 Å². The first-order valence-corrected chi connectivity index (χ1v) is 12.2. The summed E-state index contributed by atoms with van der Waals surface area (Å²) in [5.41, 5.74) is -0.160. The summed E-state index contributed by atoms with van der Waals surface area (Å²) < 4.78 is 33.9. The Morgan fingerprint density at radius 1 is 1.21 bits per heavy atom. The van der Waals surface area contributed by atoms with Gasteiger partial charge in [0.15, 0.2) is 16.4 Å². The van der Waals surface area contributed by atoms with Crippen LogP contribution in [0.2, 0.25) is 5.02 Å². The highest BCUT2D eigenvalue weighted by atomic mass is 35.5.